The van der Waals surface area contributed by atoms with Gasteiger partial charge in [-0.05, 0) is 5.92 Å². The van der Waals surface area contributed by atoms with Crippen molar-refractivity contribution in [2.24, 2.45) is 0 Å². The second kappa shape index (κ2) is 3.49. The molecule has 1 aromatic rings. The zero-order chi connectivity index (χ0) is 8.97. The van der Waals surface area contributed by atoms with Gasteiger partial charge in [0.1, 0.15) is 0 Å². The Balaban J connectivity index is 2.94. The first-order valence-corrected chi connectivity index (χ1v) is 3.15. The molecule has 4 nitrogen and oxygen atoms in total. The minimum Gasteiger partial charge on any atom is -0.465 e. The third-order valence-corrected chi connectivity index (χ3v) is 1.20. The van der Waals surface area contributed by atoms with Gasteiger partial charge < -0.3 is 4.74 Å². The van der Waals surface area contributed by atoms with Gasteiger partial charge in [-0.15, -0.1) is 6.42 Å². The Bertz CT molecular complexity index is 324. The van der Waals surface area contributed by atoms with Crippen LogP contribution in [-0.2, 0) is 4.74 Å². The summed E-state index contributed by atoms with van der Waals surface area (Å²) in [7, 11) is 1.29. The van der Waals surface area contributed by atoms with E-state index in [9.17, 15) is 4.79 Å². The van der Waals surface area contributed by atoms with E-state index in [2.05, 4.69) is 20.6 Å². The summed E-state index contributed by atoms with van der Waals surface area (Å²) >= 11 is 0. The fraction of sp³-hybridized carbons (Fsp3) is 0.125. The molecule has 0 aromatic carbocycles. The van der Waals surface area contributed by atoms with Crippen LogP contribution in [0.4, 0.5) is 0 Å². The van der Waals surface area contributed by atoms with Crippen LogP contribution in [0.2, 0.25) is 0 Å². The van der Waals surface area contributed by atoms with Gasteiger partial charge in [-0.25, -0.2) is 14.8 Å². The first-order chi connectivity index (χ1) is 5.77. The van der Waals surface area contributed by atoms with Crippen molar-refractivity contribution < 1.29 is 9.53 Å². The van der Waals surface area contributed by atoms with Crippen LogP contribution >= 0.6 is 0 Å². The lowest BCUT2D eigenvalue weighted by molar-refractivity contribution is 0.0599. The van der Waals surface area contributed by atoms with Crippen molar-refractivity contribution in [2.75, 3.05) is 7.11 Å². The van der Waals surface area contributed by atoms with Gasteiger partial charge in [0.15, 0.2) is 0 Å². The van der Waals surface area contributed by atoms with Gasteiger partial charge in [0.2, 0.25) is 5.82 Å². The zero-order valence-electron chi connectivity index (χ0n) is 6.44. The average molecular weight is 162 g/mol. The number of esters is 1. The maximum absolute atomic E-state index is 10.9. The number of hydrogen-bond donors (Lipinski definition) is 0. The monoisotopic (exact) mass is 162 g/mol. The topological polar surface area (TPSA) is 52.1 Å². The molecule has 0 spiro atoms. The highest BCUT2D eigenvalue weighted by Gasteiger charge is 2.04. The molecular weight excluding hydrogens is 156 g/mol. The van der Waals surface area contributed by atoms with E-state index in [1.165, 1.54) is 19.5 Å². The van der Waals surface area contributed by atoms with Crippen molar-refractivity contribution in [3.63, 3.8) is 0 Å². The SMILES string of the molecule is C#Cc1ncc(C(=O)OC)cn1. The molecule has 0 saturated carbocycles. The van der Waals surface area contributed by atoms with Gasteiger partial charge >= 0.3 is 5.97 Å². The molecule has 12 heavy (non-hydrogen) atoms. The van der Waals surface area contributed by atoms with Crippen LogP contribution in [0.3, 0.4) is 0 Å². The number of methoxy groups -OCH3 is 1. The van der Waals surface area contributed by atoms with E-state index < -0.39 is 5.97 Å². The van der Waals surface area contributed by atoms with E-state index in [1.54, 1.807) is 0 Å². The lowest BCUT2D eigenvalue weighted by Gasteiger charge is -1.96. The number of hydrogen-bond acceptors (Lipinski definition) is 4. The van der Waals surface area contributed by atoms with Crippen molar-refractivity contribution in [1.82, 2.24) is 9.97 Å². The smallest absolute Gasteiger partial charge is 0.341 e. The summed E-state index contributed by atoms with van der Waals surface area (Å²) < 4.78 is 4.44. The molecule has 0 aliphatic carbocycles. The molecule has 0 aliphatic rings. The fourth-order valence-electron chi connectivity index (χ4n) is 0.626. The Hall–Kier alpha value is -1.89. The summed E-state index contributed by atoms with van der Waals surface area (Å²) in [6.07, 6.45) is 7.67. The third-order valence-electron chi connectivity index (χ3n) is 1.20. The molecule has 1 heterocycles. The van der Waals surface area contributed by atoms with E-state index in [-0.39, 0.29) is 11.4 Å². The molecule has 60 valence electrons. The first kappa shape index (κ1) is 8.21. The largest absolute Gasteiger partial charge is 0.465 e. The molecule has 4 heteroatoms. The van der Waals surface area contributed by atoms with Gasteiger partial charge in [-0.1, -0.05) is 0 Å². The molecule has 0 radical (unpaired) electrons. The maximum atomic E-state index is 10.9. The predicted octanol–water partition coefficient (Wildman–Crippen LogP) is 0.244. The molecule has 0 amide bonds. The molecule has 1 rings (SSSR count). The molecule has 0 bridgehead atoms. The highest BCUT2D eigenvalue weighted by Crippen LogP contribution is 1.96. The van der Waals surface area contributed by atoms with Crippen LogP contribution in [0.15, 0.2) is 12.4 Å². The van der Waals surface area contributed by atoms with Crippen LogP contribution < -0.4 is 0 Å². The summed E-state index contributed by atoms with van der Waals surface area (Å²) in [5.41, 5.74) is 0.288. The van der Waals surface area contributed by atoms with Gasteiger partial charge in [0.25, 0.3) is 0 Å². The van der Waals surface area contributed by atoms with Crippen LogP contribution in [-0.4, -0.2) is 23.0 Å². The lowest BCUT2D eigenvalue weighted by Crippen LogP contribution is -2.03. The quantitative estimate of drug-likeness (QED) is 0.438. The van der Waals surface area contributed by atoms with E-state index >= 15 is 0 Å². The van der Waals surface area contributed by atoms with Crippen molar-refractivity contribution in [3.05, 3.63) is 23.8 Å². The van der Waals surface area contributed by atoms with Gasteiger partial charge in [0, 0.05) is 12.4 Å². The second-order valence-corrected chi connectivity index (χ2v) is 1.93. The molecule has 1 aromatic heterocycles. The van der Waals surface area contributed by atoms with Crippen molar-refractivity contribution >= 4 is 5.97 Å². The zero-order valence-corrected chi connectivity index (χ0v) is 6.44. The number of aromatic nitrogens is 2. The molecule has 0 atom stereocenters. The Kier molecular flexibility index (Phi) is 2.38. The average Bonchev–Trinajstić information content (AvgIpc) is 2.17. The van der Waals surface area contributed by atoms with Crippen molar-refractivity contribution in [1.29, 1.82) is 0 Å². The number of terminal acetylenes is 1. The Labute approximate surface area is 69.6 Å². The van der Waals surface area contributed by atoms with E-state index in [1.807, 2.05) is 0 Å². The minimum absolute atomic E-state index is 0.252. The van der Waals surface area contributed by atoms with Crippen LogP contribution in [0.1, 0.15) is 16.2 Å². The molecule has 0 N–H and O–H groups in total. The number of carbonyl (C=O) groups excluding carboxylic acids is 1. The highest BCUT2D eigenvalue weighted by atomic mass is 16.5. The highest BCUT2D eigenvalue weighted by molar-refractivity contribution is 5.88. The fourth-order valence-corrected chi connectivity index (χ4v) is 0.626. The van der Waals surface area contributed by atoms with E-state index in [0.717, 1.165) is 0 Å². The van der Waals surface area contributed by atoms with Gasteiger partial charge in [0.05, 0.1) is 12.7 Å². The van der Waals surface area contributed by atoms with Crippen LogP contribution in [0, 0.1) is 12.3 Å². The Morgan fingerprint density at radius 2 is 2.17 bits per heavy atom. The van der Waals surface area contributed by atoms with Crippen LogP contribution in [0.25, 0.3) is 0 Å². The van der Waals surface area contributed by atoms with Crippen molar-refractivity contribution in [2.45, 2.75) is 0 Å². The van der Waals surface area contributed by atoms with Gasteiger partial charge in [-0.3, -0.25) is 0 Å². The molecule has 0 fully saturated rings. The van der Waals surface area contributed by atoms with Crippen LogP contribution in [0.5, 0.6) is 0 Å². The Morgan fingerprint density at radius 1 is 1.58 bits per heavy atom. The standard InChI is InChI=1S/C8H6N2O2/c1-3-7-9-4-6(5-10-7)8(11)12-2/h1,4-5H,2H3. The summed E-state index contributed by atoms with van der Waals surface area (Å²) in [5.74, 6) is 2.02. The summed E-state index contributed by atoms with van der Waals surface area (Å²) in [6, 6.07) is 0. The number of nitrogens with zero attached hydrogens (tertiary/aromatic N) is 2. The summed E-state index contributed by atoms with van der Waals surface area (Å²) in [4.78, 5) is 18.3. The number of ether oxygens (including phenoxy) is 1. The van der Waals surface area contributed by atoms with E-state index in [4.69, 9.17) is 6.42 Å². The lowest BCUT2D eigenvalue weighted by atomic mass is 10.3. The second-order valence-electron chi connectivity index (χ2n) is 1.93. The van der Waals surface area contributed by atoms with Gasteiger partial charge in [-0.2, -0.15) is 0 Å². The Morgan fingerprint density at radius 3 is 2.58 bits per heavy atom. The molecule has 0 saturated heterocycles. The molecule has 0 unspecified atom stereocenters. The summed E-state index contributed by atoms with van der Waals surface area (Å²) in [6.45, 7) is 0. The number of rotatable bonds is 1. The first-order valence-electron chi connectivity index (χ1n) is 3.15. The van der Waals surface area contributed by atoms with E-state index in [0.29, 0.717) is 0 Å². The normalized spacial score (nSPS) is 8.67. The van der Waals surface area contributed by atoms with Crippen molar-refractivity contribution in [3.8, 4) is 12.3 Å². The number of carbonyl (C=O) groups is 1. The molecule has 0 aliphatic heterocycles. The third kappa shape index (κ3) is 1.58. The maximum Gasteiger partial charge on any atom is 0.341 e. The molecular formula is C8H6N2O2. The minimum atomic E-state index is -0.474. The predicted molar refractivity (Wildman–Crippen MR) is 41.3 cm³/mol. The summed E-state index contributed by atoms with van der Waals surface area (Å²) in [5, 5.41) is 0.